The number of para-hydroxylation sites is 1. The summed E-state index contributed by atoms with van der Waals surface area (Å²) in [5.74, 6) is -0.992. The normalized spacial score (nSPS) is 10.0. The lowest BCUT2D eigenvalue weighted by Crippen LogP contribution is -2.34. The fourth-order valence-electron chi connectivity index (χ4n) is 2.26. The Morgan fingerprint density at radius 1 is 1.14 bits per heavy atom. The van der Waals surface area contributed by atoms with Gasteiger partial charge in [-0.25, -0.2) is 0 Å². The van der Waals surface area contributed by atoms with Crippen LogP contribution in [-0.4, -0.2) is 42.1 Å². The standard InChI is InChI=1S/C18H18N4O5S/c1-27-10-9-19-16(23)12-5-4-6-13(11-12)20-18(28)21-17(24)14-7-2-3-8-15(14)22(25)26/h2-8,11H,9-10H2,1H3,(H,19,23)(H2,20,21,24,28). The average Bonchev–Trinajstić information content (AvgIpc) is 2.68. The van der Waals surface area contributed by atoms with E-state index in [1.807, 2.05) is 0 Å². The van der Waals surface area contributed by atoms with E-state index in [0.29, 0.717) is 24.4 Å². The minimum atomic E-state index is -0.710. The monoisotopic (exact) mass is 402 g/mol. The predicted octanol–water partition coefficient (Wildman–Crippen LogP) is 2.10. The molecule has 0 aromatic heterocycles. The van der Waals surface area contributed by atoms with Gasteiger partial charge in [-0.15, -0.1) is 0 Å². The SMILES string of the molecule is COCCNC(=O)c1cccc(NC(=S)NC(=O)c2ccccc2[N+](=O)[O-])c1. The molecular formula is C18H18N4O5S. The van der Waals surface area contributed by atoms with Crippen molar-refractivity contribution < 1.29 is 19.2 Å². The van der Waals surface area contributed by atoms with Crippen LogP contribution >= 0.6 is 12.2 Å². The number of methoxy groups -OCH3 is 1. The molecular weight excluding hydrogens is 384 g/mol. The molecule has 28 heavy (non-hydrogen) atoms. The molecule has 0 unspecified atom stereocenters. The van der Waals surface area contributed by atoms with Gasteiger partial charge in [-0.1, -0.05) is 18.2 Å². The van der Waals surface area contributed by atoms with Crippen LogP contribution in [0.15, 0.2) is 48.5 Å². The zero-order valence-corrected chi connectivity index (χ0v) is 15.7. The Morgan fingerprint density at radius 2 is 1.89 bits per heavy atom. The minimum absolute atomic E-state index is 0.0555. The van der Waals surface area contributed by atoms with E-state index in [-0.39, 0.29) is 22.3 Å². The van der Waals surface area contributed by atoms with Crippen molar-refractivity contribution in [1.29, 1.82) is 0 Å². The molecule has 0 aliphatic carbocycles. The van der Waals surface area contributed by atoms with Crippen LogP contribution in [0.5, 0.6) is 0 Å². The first kappa shape index (κ1) is 20.9. The smallest absolute Gasteiger partial charge is 0.282 e. The number of rotatable bonds is 7. The number of hydrogen-bond donors (Lipinski definition) is 3. The van der Waals surface area contributed by atoms with Crippen LogP contribution in [0.25, 0.3) is 0 Å². The van der Waals surface area contributed by atoms with Crippen molar-refractivity contribution in [2.45, 2.75) is 0 Å². The number of nitro benzene ring substituents is 1. The van der Waals surface area contributed by atoms with Crippen molar-refractivity contribution in [2.24, 2.45) is 0 Å². The van der Waals surface area contributed by atoms with Gasteiger partial charge in [0.15, 0.2) is 5.11 Å². The van der Waals surface area contributed by atoms with Gasteiger partial charge < -0.3 is 15.4 Å². The number of anilines is 1. The molecule has 0 atom stereocenters. The first-order chi connectivity index (χ1) is 13.4. The third-order valence-electron chi connectivity index (χ3n) is 3.55. The first-order valence-electron chi connectivity index (χ1n) is 8.15. The molecule has 0 aliphatic heterocycles. The van der Waals surface area contributed by atoms with Gasteiger partial charge in [-0.3, -0.25) is 25.0 Å². The highest BCUT2D eigenvalue weighted by Gasteiger charge is 2.20. The Hall–Kier alpha value is -3.37. The summed E-state index contributed by atoms with van der Waals surface area (Å²) in [5, 5.41) is 18.8. The maximum absolute atomic E-state index is 12.3. The molecule has 2 amide bonds. The highest BCUT2D eigenvalue weighted by atomic mass is 32.1. The van der Waals surface area contributed by atoms with Crippen LogP contribution in [0.2, 0.25) is 0 Å². The second-order valence-corrected chi connectivity index (χ2v) is 5.92. The lowest BCUT2D eigenvalue weighted by Gasteiger charge is -2.11. The zero-order chi connectivity index (χ0) is 20.5. The summed E-state index contributed by atoms with van der Waals surface area (Å²) in [7, 11) is 1.54. The van der Waals surface area contributed by atoms with Gasteiger partial charge >= 0.3 is 0 Å². The number of amides is 2. The molecule has 0 aliphatic rings. The van der Waals surface area contributed by atoms with E-state index in [2.05, 4.69) is 16.0 Å². The van der Waals surface area contributed by atoms with Crippen LogP contribution in [0.3, 0.4) is 0 Å². The second-order valence-electron chi connectivity index (χ2n) is 5.51. The Bertz CT molecular complexity index is 903. The Labute approximate surface area is 166 Å². The van der Waals surface area contributed by atoms with E-state index in [1.54, 1.807) is 24.3 Å². The number of nitrogens with zero attached hydrogens (tertiary/aromatic N) is 1. The zero-order valence-electron chi connectivity index (χ0n) is 14.9. The third kappa shape index (κ3) is 5.83. The van der Waals surface area contributed by atoms with Crippen LogP contribution in [-0.2, 0) is 4.74 Å². The largest absolute Gasteiger partial charge is 0.383 e. The van der Waals surface area contributed by atoms with Crippen molar-refractivity contribution in [1.82, 2.24) is 10.6 Å². The molecule has 146 valence electrons. The molecule has 2 aromatic carbocycles. The van der Waals surface area contributed by atoms with Gasteiger partial charge in [-0.05, 0) is 36.5 Å². The molecule has 0 radical (unpaired) electrons. The maximum atomic E-state index is 12.3. The summed E-state index contributed by atoms with van der Waals surface area (Å²) in [6.07, 6.45) is 0. The predicted molar refractivity (Wildman–Crippen MR) is 107 cm³/mol. The molecule has 10 heteroatoms. The summed E-state index contributed by atoms with van der Waals surface area (Å²) < 4.78 is 4.87. The number of carbonyl (C=O) groups is 2. The molecule has 0 saturated heterocycles. The van der Waals surface area contributed by atoms with Crippen LogP contribution in [0.4, 0.5) is 11.4 Å². The quantitative estimate of drug-likeness (QED) is 0.280. The van der Waals surface area contributed by atoms with Crippen molar-refractivity contribution in [2.75, 3.05) is 25.6 Å². The van der Waals surface area contributed by atoms with E-state index in [4.69, 9.17) is 17.0 Å². The van der Waals surface area contributed by atoms with E-state index < -0.39 is 10.8 Å². The van der Waals surface area contributed by atoms with E-state index >= 15 is 0 Å². The molecule has 0 saturated carbocycles. The Morgan fingerprint density at radius 3 is 2.61 bits per heavy atom. The lowest BCUT2D eigenvalue weighted by atomic mass is 10.1. The lowest BCUT2D eigenvalue weighted by molar-refractivity contribution is -0.385. The van der Waals surface area contributed by atoms with Crippen LogP contribution < -0.4 is 16.0 Å². The highest BCUT2D eigenvalue weighted by molar-refractivity contribution is 7.80. The van der Waals surface area contributed by atoms with E-state index in [0.717, 1.165) is 0 Å². The second kappa shape index (κ2) is 10.1. The van der Waals surface area contributed by atoms with Gasteiger partial charge in [0.05, 0.1) is 11.5 Å². The van der Waals surface area contributed by atoms with Gasteiger partial charge in [0, 0.05) is 31.0 Å². The third-order valence-corrected chi connectivity index (χ3v) is 3.75. The molecule has 0 bridgehead atoms. The number of nitro groups is 1. The molecule has 0 spiro atoms. The van der Waals surface area contributed by atoms with E-state index in [1.165, 1.54) is 31.4 Å². The topological polar surface area (TPSA) is 123 Å². The summed E-state index contributed by atoms with van der Waals surface area (Å²) in [6.45, 7) is 0.767. The average molecular weight is 402 g/mol. The van der Waals surface area contributed by atoms with Gasteiger partial charge in [-0.2, -0.15) is 0 Å². The summed E-state index contributed by atoms with van der Waals surface area (Å²) in [5.41, 5.74) is 0.446. The van der Waals surface area contributed by atoms with Gasteiger partial charge in [0.2, 0.25) is 0 Å². The van der Waals surface area contributed by atoms with Gasteiger partial charge in [0.1, 0.15) is 5.56 Å². The summed E-state index contributed by atoms with van der Waals surface area (Å²) in [4.78, 5) is 34.7. The minimum Gasteiger partial charge on any atom is -0.383 e. The van der Waals surface area contributed by atoms with Crippen molar-refractivity contribution >= 4 is 40.5 Å². The summed E-state index contributed by atoms with van der Waals surface area (Å²) in [6, 6.07) is 12.1. The fourth-order valence-corrected chi connectivity index (χ4v) is 2.48. The fraction of sp³-hybridized carbons (Fsp3) is 0.167. The van der Waals surface area contributed by atoms with Crippen LogP contribution in [0.1, 0.15) is 20.7 Å². The molecule has 2 rings (SSSR count). The molecule has 0 fully saturated rings. The summed E-state index contributed by atoms with van der Waals surface area (Å²) >= 11 is 5.09. The van der Waals surface area contributed by atoms with Crippen LogP contribution in [0, 0.1) is 10.1 Å². The number of nitrogens with one attached hydrogen (secondary N) is 3. The number of hydrogen-bond acceptors (Lipinski definition) is 6. The number of ether oxygens (including phenoxy) is 1. The van der Waals surface area contributed by atoms with E-state index in [9.17, 15) is 19.7 Å². The first-order valence-corrected chi connectivity index (χ1v) is 8.56. The van der Waals surface area contributed by atoms with Crippen molar-refractivity contribution in [3.63, 3.8) is 0 Å². The van der Waals surface area contributed by atoms with Crippen molar-refractivity contribution in [3.8, 4) is 0 Å². The number of benzene rings is 2. The Kier molecular flexibility index (Phi) is 7.55. The molecule has 3 N–H and O–H groups in total. The van der Waals surface area contributed by atoms with Gasteiger partial charge in [0.25, 0.3) is 17.5 Å². The number of thiocarbonyl (C=S) groups is 1. The molecule has 9 nitrogen and oxygen atoms in total. The van der Waals surface area contributed by atoms with Crippen molar-refractivity contribution in [3.05, 3.63) is 69.8 Å². The molecule has 0 heterocycles. The number of carbonyl (C=O) groups excluding carboxylic acids is 2. The maximum Gasteiger partial charge on any atom is 0.282 e. The molecule has 2 aromatic rings. The Balaban J connectivity index is 2.02. The highest BCUT2D eigenvalue weighted by Crippen LogP contribution is 2.17.